The van der Waals surface area contributed by atoms with Gasteiger partial charge in [-0.3, -0.25) is 11.3 Å². The van der Waals surface area contributed by atoms with Crippen LogP contribution in [0.2, 0.25) is 0 Å². The highest BCUT2D eigenvalue weighted by atomic mass is 16.5. The minimum Gasteiger partial charge on any atom is -0.494 e. The molecule has 3 N–H and O–H groups in total. The van der Waals surface area contributed by atoms with Crippen molar-refractivity contribution >= 4 is 0 Å². The summed E-state index contributed by atoms with van der Waals surface area (Å²) in [6.45, 7) is 5.54. The summed E-state index contributed by atoms with van der Waals surface area (Å²) in [5.41, 5.74) is 4.13. The highest BCUT2D eigenvalue weighted by molar-refractivity contribution is 5.30. The molecule has 1 atom stereocenters. The van der Waals surface area contributed by atoms with Gasteiger partial charge in [0.25, 0.3) is 0 Å². The highest BCUT2D eigenvalue weighted by Gasteiger charge is 2.31. The van der Waals surface area contributed by atoms with Crippen LogP contribution in [0.15, 0.2) is 24.3 Å². The molecule has 0 spiro atoms. The maximum Gasteiger partial charge on any atom is 0.119 e. The third kappa shape index (κ3) is 3.95. The monoisotopic (exact) mass is 278 g/mol. The lowest BCUT2D eigenvalue weighted by atomic mass is 9.77. The quantitative estimate of drug-likeness (QED) is 0.567. The van der Waals surface area contributed by atoms with Gasteiger partial charge in [-0.2, -0.15) is 0 Å². The summed E-state index contributed by atoms with van der Waals surface area (Å²) in [6.07, 6.45) is 3.81. The van der Waals surface area contributed by atoms with Gasteiger partial charge in [0.15, 0.2) is 0 Å². The first kappa shape index (κ1) is 15.3. The SMILES string of the molecule is CCOc1cccc(C(CC2CC(OCC)C2)NN)c1. The van der Waals surface area contributed by atoms with Gasteiger partial charge < -0.3 is 9.47 Å². The largest absolute Gasteiger partial charge is 0.494 e. The maximum atomic E-state index is 5.73. The number of rotatable bonds is 8. The van der Waals surface area contributed by atoms with E-state index in [-0.39, 0.29) is 6.04 Å². The number of benzene rings is 1. The topological polar surface area (TPSA) is 56.5 Å². The molecule has 20 heavy (non-hydrogen) atoms. The van der Waals surface area contributed by atoms with Crippen molar-refractivity contribution < 1.29 is 9.47 Å². The lowest BCUT2D eigenvalue weighted by molar-refractivity contribution is -0.0291. The maximum absolute atomic E-state index is 5.73. The molecule has 1 saturated carbocycles. The predicted molar refractivity (Wildman–Crippen MR) is 80.4 cm³/mol. The lowest BCUT2D eigenvalue weighted by Gasteiger charge is -2.37. The van der Waals surface area contributed by atoms with E-state index in [0.29, 0.717) is 18.6 Å². The van der Waals surface area contributed by atoms with Crippen molar-refractivity contribution in [3.63, 3.8) is 0 Å². The second kappa shape index (κ2) is 7.62. The van der Waals surface area contributed by atoms with Crippen LogP contribution in [0.3, 0.4) is 0 Å². The second-order valence-corrected chi connectivity index (χ2v) is 5.38. The van der Waals surface area contributed by atoms with Crippen LogP contribution in [0, 0.1) is 5.92 Å². The van der Waals surface area contributed by atoms with Crippen LogP contribution >= 0.6 is 0 Å². The average molecular weight is 278 g/mol. The van der Waals surface area contributed by atoms with Gasteiger partial charge in [-0.25, -0.2) is 0 Å². The van der Waals surface area contributed by atoms with Crippen molar-refractivity contribution in [1.29, 1.82) is 0 Å². The van der Waals surface area contributed by atoms with E-state index in [1.54, 1.807) is 0 Å². The number of nitrogens with two attached hydrogens (primary N) is 1. The third-order valence-electron chi connectivity index (χ3n) is 3.94. The van der Waals surface area contributed by atoms with Gasteiger partial charge >= 0.3 is 0 Å². The third-order valence-corrected chi connectivity index (χ3v) is 3.94. The van der Waals surface area contributed by atoms with Gasteiger partial charge in [0.2, 0.25) is 0 Å². The van der Waals surface area contributed by atoms with E-state index in [1.165, 1.54) is 5.56 Å². The molecule has 4 nitrogen and oxygen atoms in total. The Bertz CT molecular complexity index is 405. The fraction of sp³-hybridized carbons (Fsp3) is 0.625. The number of hydrogen-bond donors (Lipinski definition) is 2. The molecule has 0 saturated heterocycles. The summed E-state index contributed by atoms with van der Waals surface area (Å²) in [5, 5.41) is 0. The Morgan fingerprint density at radius 3 is 2.75 bits per heavy atom. The molecule has 0 heterocycles. The zero-order valence-corrected chi connectivity index (χ0v) is 12.5. The molecular weight excluding hydrogens is 252 g/mol. The van der Waals surface area contributed by atoms with E-state index in [1.807, 2.05) is 19.1 Å². The summed E-state index contributed by atoms with van der Waals surface area (Å²) < 4.78 is 11.2. The van der Waals surface area contributed by atoms with Crippen LogP contribution < -0.4 is 16.0 Å². The van der Waals surface area contributed by atoms with Crippen LogP contribution in [-0.4, -0.2) is 19.3 Å². The average Bonchev–Trinajstić information content (AvgIpc) is 2.42. The number of hydrogen-bond acceptors (Lipinski definition) is 4. The van der Waals surface area contributed by atoms with Crippen LogP contribution in [-0.2, 0) is 4.74 Å². The fourth-order valence-corrected chi connectivity index (χ4v) is 2.86. The number of nitrogens with one attached hydrogen (secondary N) is 1. The predicted octanol–water partition coefficient (Wildman–Crippen LogP) is 2.79. The molecule has 1 aromatic carbocycles. The van der Waals surface area contributed by atoms with Crippen LogP contribution in [0.5, 0.6) is 5.75 Å². The molecule has 1 aliphatic carbocycles. The molecule has 1 aliphatic rings. The molecule has 0 radical (unpaired) electrons. The molecule has 1 fully saturated rings. The minimum atomic E-state index is 0.183. The van der Waals surface area contributed by atoms with Crippen molar-refractivity contribution in [1.82, 2.24) is 5.43 Å². The molecule has 2 rings (SSSR count). The van der Waals surface area contributed by atoms with Crippen molar-refractivity contribution in [3.8, 4) is 5.75 Å². The first-order chi connectivity index (χ1) is 9.76. The first-order valence-corrected chi connectivity index (χ1v) is 7.57. The van der Waals surface area contributed by atoms with Gasteiger partial charge in [-0.15, -0.1) is 0 Å². The van der Waals surface area contributed by atoms with Gasteiger partial charge in [0, 0.05) is 12.6 Å². The molecule has 1 unspecified atom stereocenters. The Balaban J connectivity index is 1.90. The Hall–Kier alpha value is -1.10. The van der Waals surface area contributed by atoms with Crippen molar-refractivity contribution in [2.45, 2.75) is 45.3 Å². The van der Waals surface area contributed by atoms with Crippen molar-refractivity contribution in [2.75, 3.05) is 13.2 Å². The highest BCUT2D eigenvalue weighted by Crippen LogP contribution is 2.37. The normalized spacial score (nSPS) is 23.1. The molecule has 0 amide bonds. The molecular formula is C16H26N2O2. The summed E-state index contributed by atoms with van der Waals surface area (Å²) >= 11 is 0. The van der Waals surface area contributed by atoms with Gasteiger partial charge in [0.05, 0.1) is 12.7 Å². The molecule has 1 aromatic rings. The van der Waals surface area contributed by atoms with Gasteiger partial charge in [-0.1, -0.05) is 12.1 Å². The Morgan fingerprint density at radius 2 is 2.10 bits per heavy atom. The second-order valence-electron chi connectivity index (χ2n) is 5.38. The Labute approximate surface area is 121 Å². The first-order valence-electron chi connectivity index (χ1n) is 7.57. The Morgan fingerprint density at radius 1 is 1.30 bits per heavy atom. The summed E-state index contributed by atoms with van der Waals surface area (Å²) in [5.74, 6) is 7.33. The lowest BCUT2D eigenvalue weighted by Crippen LogP contribution is -2.36. The van der Waals surface area contributed by atoms with Crippen molar-refractivity contribution in [3.05, 3.63) is 29.8 Å². The minimum absolute atomic E-state index is 0.183. The molecule has 112 valence electrons. The van der Waals surface area contributed by atoms with Crippen LogP contribution in [0.25, 0.3) is 0 Å². The van der Waals surface area contributed by atoms with E-state index < -0.39 is 0 Å². The van der Waals surface area contributed by atoms with E-state index in [0.717, 1.165) is 31.6 Å². The van der Waals surface area contributed by atoms with Gasteiger partial charge in [0.1, 0.15) is 5.75 Å². The number of hydrazine groups is 1. The standard InChI is InChI=1S/C16H26N2O2/c1-3-19-14-7-5-6-13(11-14)16(18-17)10-12-8-15(9-12)20-4-2/h5-7,11-12,15-16,18H,3-4,8-10,17H2,1-2H3. The van der Waals surface area contributed by atoms with E-state index >= 15 is 0 Å². The van der Waals surface area contributed by atoms with Crippen LogP contribution in [0.1, 0.15) is 44.7 Å². The summed E-state index contributed by atoms with van der Waals surface area (Å²) in [4.78, 5) is 0. The summed E-state index contributed by atoms with van der Waals surface area (Å²) in [7, 11) is 0. The smallest absolute Gasteiger partial charge is 0.119 e. The van der Waals surface area contributed by atoms with E-state index in [4.69, 9.17) is 15.3 Å². The molecule has 0 aliphatic heterocycles. The van der Waals surface area contributed by atoms with Crippen LogP contribution in [0.4, 0.5) is 0 Å². The molecule has 0 bridgehead atoms. The van der Waals surface area contributed by atoms with E-state index in [2.05, 4.69) is 24.5 Å². The molecule has 0 aromatic heterocycles. The zero-order chi connectivity index (χ0) is 14.4. The zero-order valence-electron chi connectivity index (χ0n) is 12.5. The van der Waals surface area contributed by atoms with E-state index in [9.17, 15) is 0 Å². The van der Waals surface area contributed by atoms with Crippen molar-refractivity contribution in [2.24, 2.45) is 11.8 Å². The summed E-state index contributed by atoms with van der Waals surface area (Å²) in [6, 6.07) is 8.37. The molecule has 4 heteroatoms. The fourth-order valence-electron chi connectivity index (χ4n) is 2.86. The number of ether oxygens (including phenoxy) is 2. The van der Waals surface area contributed by atoms with Gasteiger partial charge in [-0.05, 0) is 56.7 Å². The Kier molecular flexibility index (Phi) is 5.83.